The summed E-state index contributed by atoms with van der Waals surface area (Å²) in [6, 6.07) is 2.77. The quantitative estimate of drug-likeness (QED) is 0.381. The first-order valence-corrected chi connectivity index (χ1v) is 9.58. The molecule has 1 aromatic carbocycles. The Balaban J connectivity index is 1.59. The van der Waals surface area contributed by atoms with E-state index >= 15 is 0 Å². The molecule has 0 N–H and O–H groups in total. The fourth-order valence-corrected chi connectivity index (χ4v) is 4.77. The number of benzene rings is 1. The van der Waals surface area contributed by atoms with Crippen molar-refractivity contribution in [3.63, 3.8) is 0 Å². The van der Waals surface area contributed by atoms with E-state index in [-0.39, 0.29) is 23.6 Å². The average Bonchev–Trinajstić information content (AvgIpc) is 3.30. The largest absolute Gasteiger partial charge is 0.454 e. The van der Waals surface area contributed by atoms with Gasteiger partial charge in [-0.25, -0.2) is 4.98 Å². The molecule has 2 aromatic heterocycles. The lowest BCUT2D eigenvalue weighted by Gasteiger charge is -2.09. The van der Waals surface area contributed by atoms with Crippen molar-refractivity contribution < 1.29 is 14.4 Å². The Kier molecular flexibility index (Phi) is 3.86. The Hall–Kier alpha value is -3.27. The third-order valence-corrected chi connectivity index (χ3v) is 6.10. The minimum Gasteiger partial charge on any atom is -0.454 e. The highest BCUT2D eigenvalue weighted by Crippen LogP contribution is 2.37. The number of aryl methyl sites for hydroxylation is 2. The molecule has 3 aromatic rings. The summed E-state index contributed by atoms with van der Waals surface area (Å²) >= 11 is 1.56. The van der Waals surface area contributed by atoms with E-state index in [4.69, 9.17) is 9.47 Å². The van der Waals surface area contributed by atoms with Gasteiger partial charge in [-0.1, -0.05) is 0 Å². The molecule has 0 atom stereocenters. The van der Waals surface area contributed by atoms with E-state index in [0.717, 1.165) is 40.8 Å². The first kappa shape index (κ1) is 16.9. The number of nitro groups is 1. The maximum Gasteiger partial charge on any atom is 0.282 e. The van der Waals surface area contributed by atoms with Crippen LogP contribution < -0.4 is 15.0 Å². The molecule has 2 aliphatic rings. The van der Waals surface area contributed by atoms with E-state index in [2.05, 4.69) is 10.1 Å². The molecule has 0 unspecified atom stereocenters. The summed E-state index contributed by atoms with van der Waals surface area (Å²) in [7, 11) is 0. The van der Waals surface area contributed by atoms with Gasteiger partial charge in [-0.15, -0.1) is 11.3 Å². The molecule has 0 saturated carbocycles. The third-order valence-electron chi connectivity index (χ3n) is 4.90. The van der Waals surface area contributed by atoms with Crippen LogP contribution in [0.1, 0.15) is 28.8 Å². The molecule has 0 saturated heterocycles. The molecule has 28 heavy (non-hydrogen) atoms. The minimum atomic E-state index is -0.525. The maximum absolute atomic E-state index is 12.9. The average molecular weight is 398 g/mol. The summed E-state index contributed by atoms with van der Waals surface area (Å²) in [4.78, 5) is 30.1. The highest BCUT2D eigenvalue weighted by Gasteiger charge is 2.23. The van der Waals surface area contributed by atoms with Gasteiger partial charge < -0.3 is 9.47 Å². The number of aromatic nitrogens is 2. The number of ether oxygens (including phenoxy) is 2. The van der Waals surface area contributed by atoms with Crippen molar-refractivity contribution in [3.05, 3.63) is 54.9 Å². The van der Waals surface area contributed by atoms with Crippen LogP contribution in [-0.4, -0.2) is 27.6 Å². The van der Waals surface area contributed by atoms with Gasteiger partial charge in [-0.05, 0) is 37.3 Å². The molecule has 0 bridgehead atoms. The van der Waals surface area contributed by atoms with Crippen LogP contribution in [0.3, 0.4) is 0 Å². The molecule has 0 amide bonds. The van der Waals surface area contributed by atoms with Crippen molar-refractivity contribution >= 4 is 33.5 Å². The van der Waals surface area contributed by atoms with Crippen LogP contribution in [0, 0.1) is 10.1 Å². The second kappa shape index (κ2) is 6.41. The summed E-state index contributed by atoms with van der Waals surface area (Å²) < 4.78 is 11.6. The van der Waals surface area contributed by atoms with Gasteiger partial charge in [0.25, 0.3) is 11.2 Å². The molecule has 0 radical (unpaired) electrons. The van der Waals surface area contributed by atoms with Gasteiger partial charge in [-0.2, -0.15) is 9.78 Å². The van der Waals surface area contributed by atoms with Crippen LogP contribution in [0.2, 0.25) is 0 Å². The number of hydrogen-bond acceptors (Lipinski definition) is 8. The first-order chi connectivity index (χ1) is 13.6. The number of rotatable bonds is 3. The predicted molar refractivity (Wildman–Crippen MR) is 103 cm³/mol. The predicted octanol–water partition coefficient (Wildman–Crippen LogP) is 2.86. The van der Waals surface area contributed by atoms with Crippen molar-refractivity contribution in [1.82, 2.24) is 9.66 Å². The molecule has 142 valence electrons. The normalized spacial score (nSPS) is 15.3. The molecule has 5 rings (SSSR count). The lowest BCUT2D eigenvalue weighted by atomic mass is 9.97. The second-order valence-corrected chi connectivity index (χ2v) is 7.63. The lowest BCUT2D eigenvalue weighted by Crippen LogP contribution is -2.18. The van der Waals surface area contributed by atoms with Crippen molar-refractivity contribution in [2.45, 2.75) is 25.7 Å². The molecule has 0 spiro atoms. The molecule has 10 heteroatoms. The van der Waals surface area contributed by atoms with Crippen LogP contribution in [-0.2, 0) is 12.8 Å². The van der Waals surface area contributed by atoms with Crippen molar-refractivity contribution in [2.75, 3.05) is 6.79 Å². The highest BCUT2D eigenvalue weighted by atomic mass is 32.1. The Morgan fingerprint density at radius 2 is 2.04 bits per heavy atom. The Bertz CT molecular complexity index is 1210. The molecule has 3 heterocycles. The maximum atomic E-state index is 12.9. The van der Waals surface area contributed by atoms with Crippen LogP contribution in [0.25, 0.3) is 10.2 Å². The Labute approximate surface area is 162 Å². The zero-order valence-electron chi connectivity index (χ0n) is 14.6. The topological polar surface area (TPSA) is 109 Å². The summed E-state index contributed by atoms with van der Waals surface area (Å²) in [5, 5.41) is 16.1. The zero-order valence-corrected chi connectivity index (χ0v) is 15.4. The van der Waals surface area contributed by atoms with Gasteiger partial charge in [-0.3, -0.25) is 14.9 Å². The molecule has 1 aliphatic carbocycles. The molecular formula is C18H14N4O5S. The fourth-order valence-electron chi connectivity index (χ4n) is 3.55. The van der Waals surface area contributed by atoms with Gasteiger partial charge in [0.05, 0.1) is 28.2 Å². The number of nitro benzene ring substituents is 1. The van der Waals surface area contributed by atoms with Crippen LogP contribution in [0.5, 0.6) is 11.5 Å². The van der Waals surface area contributed by atoms with E-state index in [9.17, 15) is 14.9 Å². The Morgan fingerprint density at radius 3 is 2.86 bits per heavy atom. The van der Waals surface area contributed by atoms with Crippen LogP contribution in [0.4, 0.5) is 5.69 Å². The summed E-state index contributed by atoms with van der Waals surface area (Å²) in [6.07, 6.45) is 6.64. The molecular weight excluding hydrogens is 384 g/mol. The van der Waals surface area contributed by atoms with E-state index in [1.807, 2.05) is 0 Å². The first-order valence-electron chi connectivity index (χ1n) is 8.76. The number of fused-ring (bicyclic) bond motifs is 4. The smallest absolute Gasteiger partial charge is 0.282 e. The van der Waals surface area contributed by atoms with Crippen molar-refractivity contribution in [3.8, 4) is 11.5 Å². The van der Waals surface area contributed by atoms with Gasteiger partial charge >= 0.3 is 0 Å². The van der Waals surface area contributed by atoms with Gasteiger partial charge in [0, 0.05) is 4.88 Å². The lowest BCUT2D eigenvalue weighted by molar-refractivity contribution is -0.385. The highest BCUT2D eigenvalue weighted by molar-refractivity contribution is 7.18. The summed E-state index contributed by atoms with van der Waals surface area (Å²) in [6.45, 7) is 0.0103. The van der Waals surface area contributed by atoms with E-state index in [0.29, 0.717) is 16.9 Å². The molecule has 0 fully saturated rings. The van der Waals surface area contributed by atoms with E-state index in [1.165, 1.54) is 29.6 Å². The third kappa shape index (κ3) is 2.64. The van der Waals surface area contributed by atoms with Crippen LogP contribution in [0.15, 0.2) is 28.4 Å². The monoisotopic (exact) mass is 398 g/mol. The van der Waals surface area contributed by atoms with E-state index < -0.39 is 4.92 Å². The number of thiophene rings is 1. The van der Waals surface area contributed by atoms with Gasteiger partial charge in [0.15, 0.2) is 11.5 Å². The van der Waals surface area contributed by atoms with Crippen LogP contribution >= 0.6 is 11.3 Å². The van der Waals surface area contributed by atoms with E-state index in [1.54, 1.807) is 11.3 Å². The SMILES string of the molecule is O=c1c2c3c(sc2ncn1/N=C/c1cc2c(cc1[N+](=O)[O-])OCO2)CCCC3. The minimum absolute atomic E-state index is 0.0103. The van der Waals surface area contributed by atoms with Crippen molar-refractivity contribution in [2.24, 2.45) is 5.10 Å². The number of nitrogens with zero attached hydrogens (tertiary/aromatic N) is 4. The standard InChI is InChI=1S/C18H14N4O5S/c23-18-16-11-3-1-2-4-15(11)28-17(16)19-8-21(18)20-7-10-5-13-14(27-9-26-13)6-12(10)22(24)25/h5-8H,1-4,9H2/b20-7+. The van der Waals surface area contributed by atoms with Crippen molar-refractivity contribution in [1.29, 1.82) is 0 Å². The Morgan fingerprint density at radius 1 is 1.25 bits per heavy atom. The number of hydrogen-bond donors (Lipinski definition) is 0. The van der Waals surface area contributed by atoms with Gasteiger partial charge in [0.1, 0.15) is 11.2 Å². The summed E-state index contributed by atoms with van der Waals surface area (Å²) in [5.41, 5.74) is 0.850. The zero-order chi connectivity index (χ0) is 19.3. The summed E-state index contributed by atoms with van der Waals surface area (Å²) in [5.74, 6) is 0.717. The van der Waals surface area contributed by atoms with Gasteiger partial charge in [0.2, 0.25) is 6.79 Å². The molecule has 1 aliphatic heterocycles. The second-order valence-electron chi connectivity index (χ2n) is 6.55. The fraction of sp³-hybridized carbons (Fsp3) is 0.278. The molecule has 9 nitrogen and oxygen atoms in total.